The fourth-order valence-corrected chi connectivity index (χ4v) is 4.01. The summed E-state index contributed by atoms with van der Waals surface area (Å²) in [6.45, 7) is 5.26. The van der Waals surface area contributed by atoms with Gasteiger partial charge in [0.1, 0.15) is 23.8 Å². The smallest absolute Gasteiger partial charge is 0.236 e. The second-order valence-electron chi connectivity index (χ2n) is 6.91. The van der Waals surface area contributed by atoms with Crippen molar-refractivity contribution in [2.24, 2.45) is 4.99 Å². The lowest BCUT2D eigenvalue weighted by Gasteiger charge is -2.34. The number of thiophene rings is 1. The van der Waals surface area contributed by atoms with Gasteiger partial charge in [-0.25, -0.2) is 9.98 Å². The van der Waals surface area contributed by atoms with Crippen LogP contribution in [0.25, 0.3) is 10.8 Å². The zero-order chi connectivity index (χ0) is 19.9. The van der Waals surface area contributed by atoms with Crippen molar-refractivity contribution >= 4 is 17.3 Å². The highest BCUT2D eigenvalue weighted by Crippen LogP contribution is 2.24. The quantitative estimate of drug-likeness (QED) is 0.482. The molecule has 1 N–H and O–H groups in total. The first-order valence-electron chi connectivity index (χ1n) is 10.0. The Morgan fingerprint density at radius 2 is 2.07 bits per heavy atom. The topological polar surface area (TPSA) is 62.9 Å². The molecule has 0 aliphatic carbocycles. The summed E-state index contributed by atoms with van der Waals surface area (Å²) in [6, 6.07) is 14.1. The fourth-order valence-electron chi connectivity index (χ4n) is 3.35. The Morgan fingerprint density at radius 1 is 1.24 bits per heavy atom. The van der Waals surface area contributed by atoms with Crippen LogP contribution in [-0.2, 0) is 6.54 Å². The Hall–Kier alpha value is -2.80. The molecule has 1 fully saturated rings. The molecule has 3 heterocycles. The monoisotopic (exact) mass is 410 g/mol. The molecule has 7 heteroatoms. The second-order valence-corrected chi connectivity index (χ2v) is 7.86. The Bertz CT molecular complexity index is 900. The number of benzene rings is 1. The van der Waals surface area contributed by atoms with Crippen LogP contribution >= 0.6 is 11.3 Å². The Balaban J connectivity index is 1.34. The fraction of sp³-hybridized carbons (Fsp3) is 0.364. The van der Waals surface area contributed by atoms with Gasteiger partial charge in [0.15, 0.2) is 5.96 Å². The number of rotatable bonds is 6. The number of para-hydroxylation sites is 1. The summed E-state index contributed by atoms with van der Waals surface area (Å²) >= 11 is 1.62. The molecule has 0 bridgehead atoms. The van der Waals surface area contributed by atoms with Crippen LogP contribution in [0.3, 0.4) is 0 Å². The van der Waals surface area contributed by atoms with Crippen molar-refractivity contribution in [3.63, 3.8) is 0 Å². The number of aromatic nitrogens is 1. The number of guanidine groups is 1. The van der Waals surface area contributed by atoms with Crippen LogP contribution in [0, 0.1) is 0 Å². The standard InChI is InChI=1S/C22H26N4O2S/c1-2-23-22(24-15-17-16-27-21(25-17)20-9-6-14-29-20)26-12-10-19(11-13-26)28-18-7-4-3-5-8-18/h3-9,14,16,19H,2,10-13,15H2,1H3,(H,23,24). The number of oxazole rings is 1. The molecular formula is C22H26N4O2S. The van der Waals surface area contributed by atoms with Gasteiger partial charge >= 0.3 is 0 Å². The van der Waals surface area contributed by atoms with Gasteiger partial charge in [-0.3, -0.25) is 0 Å². The number of aliphatic imine (C=N–C) groups is 1. The van der Waals surface area contributed by atoms with E-state index < -0.39 is 0 Å². The molecule has 0 spiro atoms. The van der Waals surface area contributed by atoms with E-state index in [1.165, 1.54) is 0 Å². The maximum absolute atomic E-state index is 6.10. The van der Waals surface area contributed by atoms with Gasteiger partial charge in [0, 0.05) is 32.5 Å². The van der Waals surface area contributed by atoms with Crippen molar-refractivity contribution in [3.8, 4) is 16.5 Å². The van der Waals surface area contributed by atoms with Gasteiger partial charge in [-0.15, -0.1) is 11.3 Å². The van der Waals surface area contributed by atoms with Gasteiger partial charge in [-0.1, -0.05) is 24.3 Å². The maximum Gasteiger partial charge on any atom is 0.236 e. The lowest BCUT2D eigenvalue weighted by Crippen LogP contribution is -2.47. The Labute approximate surface area is 175 Å². The van der Waals surface area contributed by atoms with E-state index in [2.05, 4.69) is 22.1 Å². The predicted molar refractivity (Wildman–Crippen MR) is 116 cm³/mol. The number of hydrogen-bond donors (Lipinski definition) is 1. The van der Waals surface area contributed by atoms with Gasteiger partial charge in [0.2, 0.25) is 5.89 Å². The number of likely N-dealkylation sites (tertiary alicyclic amines) is 1. The van der Waals surface area contributed by atoms with Gasteiger partial charge in [-0.05, 0) is 30.5 Å². The van der Waals surface area contributed by atoms with Crippen LogP contribution < -0.4 is 10.1 Å². The molecule has 0 radical (unpaired) electrons. The summed E-state index contributed by atoms with van der Waals surface area (Å²) in [4.78, 5) is 12.7. The maximum atomic E-state index is 6.10. The summed E-state index contributed by atoms with van der Waals surface area (Å²) in [5.74, 6) is 2.53. The largest absolute Gasteiger partial charge is 0.490 e. The molecule has 0 amide bonds. The lowest BCUT2D eigenvalue weighted by molar-refractivity contribution is 0.129. The average molecular weight is 411 g/mol. The van der Waals surface area contributed by atoms with Crippen molar-refractivity contribution in [1.82, 2.24) is 15.2 Å². The highest BCUT2D eigenvalue weighted by atomic mass is 32.1. The minimum Gasteiger partial charge on any atom is -0.490 e. The minimum absolute atomic E-state index is 0.250. The van der Waals surface area contributed by atoms with E-state index in [1.54, 1.807) is 17.6 Å². The number of nitrogens with one attached hydrogen (secondary N) is 1. The second kappa shape index (κ2) is 9.60. The van der Waals surface area contributed by atoms with E-state index in [0.29, 0.717) is 12.4 Å². The third-order valence-electron chi connectivity index (χ3n) is 4.80. The van der Waals surface area contributed by atoms with E-state index in [1.807, 2.05) is 47.8 Å². The normalized spacial score (nSPS) is 15.5. The summed E-state index contributed by atoms with van der Waals surface area (Å²) in [5.41, 5.74) is 0.839. The number of piperidine rings is 1. The molecule has 0 atom stereocenters. The van der Waals surface area contributed by atoms with Gasteiger partial charge < -0.3 is 19.4 Å². The average Bonchev–Trinajstić information content (AvgIpc) is 3.44. The third-order valence-corrected chi connectivity index (χ3v) is 5.65. The predicted octanol–water partition coefficient (Wildman–Crippen LogP) is 4.41. The molecule has 29 heavy (non-hydrogen) atoms. The summed E-state index contributed by atoms with van der Waals surface area (Å²) < 4.78 is 11.7. The lowest BCUT2D eigenvalue weighted by atomic mass is 10.1. The Morgan fingerprint density at radius 3 is 2.79 bits per heavy atom. The molecule has 1 aromatic carbocycles. The zero-order valence-corrected chi connectivity index (χ0v) is 17.4. The molecule has 1 saturated heterocycles. The SMILES string of the molecule is CCNC(=NCc1coc(-c2cccs2)n1)N1CCC(Oc2ccccc2)CC1. The molecule has 4 rings (SSSR count). The number of ether oxygens (including phenoxy) is 1. The van der Waals surface area contributed by atoms with E-state index >= 15 is 0 Å². The summed E-state index contributed by atoms with van der Waals surface area (Å²) in [6.07, 6.45) is 3.90. The molecule has 2 aromatic heterocycles. The summed E-state index contributed by atoms with van der Waals surface area (Å²) in [7, 11) is 0. The van der Waals surface area contributed by atoms with Crippen LogP contribution in [0.4, 0.5) is 0 Å². The van der Waals surface area contributed by atoms with Crippen LogP contribution in [0.1, 0.15) is 25.5 Å². The minimum atomic E-state index is 0.250. The van der Waals surface area contributed by atoms with Crippen LogP contribution in [0.2, 0.25) is 0 Å². The van der Waals surface area contributed by atoms with Crippen LogP contribution in [0.5, 0.6) is 5.75 Å². The van der Waals surface area contributed by atoms with E-state index in [9.17, 15) is 0 Å². The van der Waals surface area contributed by atoms with Gasteiger partial charge in [0.05, 0.1) is 11.4 Å². The van der Waals surface area contributed by atoms with Crippen molar-refractivity contribution in [1.29, 1.82) is 0 Å². The molecular weight excluding hydrogens is 384 g/mol. The van der Waals surface area contributed by atoms with Crippen LogP contribution in [-0.4, -0.2) is 41.6 Å². The molecule has 6 nitrogen and oxygen atoms in total. The van der Waals surface area contributed by atoms with Crippen molar-refractivity contribution in [3.05, 3.63) is 59.8 Å². The molecule has 3 aromatic rings. The zero-order valence-electron chi connectivity index (χ0n) is 16.6. The first-order chi connectivity index (χ1) is 14.3. The van der Waals surface area contributed by atoms with Crippen molar-refractivity contribution in [2.45, 2.75) is 32.4 Å². The van der Waals surface area contributed by atoms with E-state index in [4.69, 9.17) is 14.1 Å². The first kappa shape index (κ1) is 19.5. The van der Waals surface area contributed by atoms with Crippen LogP contribution in [0.15, 0.2) is 63.5 Å². The highest BCUT2D eigenvalue weighted by Gasteiger charge is 2.22. The summed E-state index contributed by atoms with van der Waals surface area (Å²) in [5, 5.41) is 5.42. The van der Waals surface area contributed by atoms with E-state index in [0.717, 1.165) is 54.8 Å². The number of hydrogen-bond acceptors (Lipinski definition) is 5. The third kappa shape index (κ3) is 5.17. The molecule has 1 aliphatic rings. The highest BCUT2D eigenvalue weighted by molar-refractivity contribution is 7.13. The van der Waals surface area contributed by atoms with E-state index in [-0.39, 0.29) is 6.10 Å². The molecule has 0 unspecified atom stereocenters. The van der Waals surface area contributed by atoms with Gasteiger partial charge in [0.25, 0.3) is 0 Å². The molecule has 1 aliphatic heterocycles. The van der Waals surface area contributed by atoms with Crippen molar-refractivity contribution < 1.29 is 9.15 Å². The molecule has 152 valence electrons. The number of nitrogens with zero attached hydrogens (tertiary/aromatic N) is 3. The first-order valence-corrected chi connectivity index (χ1v) is 10.9. The van der Waals surface area contributed by atoms with Gasteiger partial charge in [-0.2, -0.15) is 0 Å². The van der Waals surface area contributed by atoms with Crippen molar-refractivity contribution in [2.75, 3.05) is 19.6 Å². The molecule has 0 saturated carbocycles. The Kier molecular flexibility index (Phi) is 6.46.